The molecule has 6 nitrogen and oxygen atoms in total. The molecule has 0 radical (unpaired) electrons. The second-order valence-corrected chi connectivity index (χ2v) is 5.70. The molecule has 0 saturated heterocycles. The first-order chi connectivity index (χ1) is 5.85. The Labute approximate surface area is 84.3 Å². The van der Waals surface area contributed by atoms with Gasteiger partial charge in [0, 0.05) is 0 Å². The summed E-state index contributed by atoms with van der Waals surface area (Å²) in [7, 11) is -3.47. The Bertz CT molecular complexity index is 410. The lowest BCUT2D eigenvalue weighted by Gasteiger charge is -2.06. The molecule has 0 aliphatic heterocycles. The largest absolute Gasteiger partial charge is 0.366 e. The van der Waals surface area contributed by atoms with E-state index >= 15 is 0 Å². The lowest BCUT2D eigenvalue weighted by atomic mass is 10.6. The fourth-order valence-electron chi connectivity index (χ4n) is 0.656. The van der Waals surface area contributed by atoms with Crippen molar-refractivity contribution in [2.24, 2.45) is 0 Å². The van der Waals surface area contributed by atoms with E-state index in [0.717, 1.165) is 4.09 Å². The van der Waals surface area contributed by atoms with Crippen molar-refractivity contribution in [3.05, 3.63) is 4.73 Å². The van der Waals surface area contributed by atoms with Gasteiger partial charge in [0.05, 0.1) is 5.25 Å². The Morgan fingerprint density at radius 1 is 1.54 bits per heavy atom. The molecule has 0 bridgehead atoms. The summed E-state index contributed by atoms with van der Waals surface area (Å²) in [4.78, 5) is 3.63. The van der Waals surface area contributed by atoms with Crippen LogP contribution in [-0.2, 0) is 10.0 Å². The van der Waals surface area contributed by atoms with Crippen molar-refractivity contribution in [3.63, 3.8) is 0 Å². The summed E-state index contributed by atoms with van der Waals surface area (Å²) in [6, 6.07) is 0. The van der Waals surface area contributed by atoms with Crippen LogP contribution >= 0.6 is 15.9 Å². The maximum absolute atomic E-state index is 11.5. The highest BCUT2D eigenvalue weighted by molar-refractivity contribution is 9.10. The van der Waals surface area contributed by atoms with Gasteiger partial charge in [-0.2, -0.15) is 4.98 Å². The van der Waals surface area contributed by atoms with Gasteiger partial charge in [-0.15, -0.1) is 9.19 Å². The number of nitrogen functional groups attached to an aromatic ring is 1. The fourth-order valence-corrected chi connectivity index (χ4v) is 2.37. The first kappa shape index (κ1) is 10.5. The van der Waals surface area contributed by atoms with Crippen LogP contribution in [0.2, 0.25) is 0 Å². The minimum absolute atomic E-state index is 0.0731. The van der Waals surface area contributed by atoms with Gasteiger partial charge < -0.3 is 5.73 Å². The van der Waals surface area contributed by atoms with Gasteiger partial charge in [-0.1, -0.05) is 0 Å². The molecular formula is C5H9BrN4O2S. The molecule has 0 spiro atoms. The standard InChI is InChI=1S/C5H9BrN4O2S/c1-3(2)13(11,12)10-4(6)8-5(7)9-10/h3H,1-2H3,(H2,7,9). The number of nitrogens with zero attached hydrogens (tertiary/aromatic N) is 3. The predicted octanol–water partition coefficient (Wildman–Crippen LogP) is 0.209. The molecule has 13 heavy (non-hydrogen) atoms. The molecule has 0 atom stereocenters. The number of rotatable bonds is 2. The Morgan fingerprint density at radius 3 is 2.38 bits per heavy atom. The average molecular weight is 269 g/mol. The van der Waals surface area contributed by atoms with Gasteiger partial charge in [0.1, 0.15) is 0 Å². The van der Waals surface area contributed by atoms with Crippen LogP contribution in [0.1, 0.15) is 13.8 Å². The molecule has 0 aliphatic carbocycles. The first-order valence-electron chi connectivity index (χ1n) is 3.48. The topological polar surface area (TPSA) is 90.9 Å². The molecule has 0 saturated carbocycles. The van der Waals surface area contributed by atoms with Crippen molar-refractivity contribution in [1.82, 2.24) is 14.2 Å². The highest BCUT2D eigenvalue weighted by Gasteiger charge is 2.23. The highest BCUT2D eigenvalue weighted by atomic mass is 79.9. The summed E-state index contributed by atoms with van der Waals surface area (Å²) in [5.74, 6) is -0.0731. The van der Waals surface area contributed by atoms with Crippen molar-refractivity contribution < 1.29 is 8.42 Å². The van der Waals surface area contributed by atoms with E-state index in [9.17, 15) is 8.42 Å². The summed E-state index contributed by atoms with van der Waals surface area (Å²) in [5.41, 5.74) is 5.24. The SMILES string of the molecule is CC(C)S(=O)(=O)n1nc(N)nc1Br. The van der Waals surface area contributed by atoms with Gasteiger partial charge in [0.25, 0.3) is 10.0 Å². The maximum Gasteiger partial charge on any atom is 0.258 e. The second-order valence-electron chi connectivity index (χ2n) is 2.68. The van der Waals surface area contributed by atoms with E-state index < -0.39 is 15.3 Å². The van der Waals surface area contributed by atoms with Crippen molar-refractivity contribution in [2.75, 3.05) is 5.73 Å². The van der Waals surface area contributed by atoms with Gasteiger partial charge >= 0.3 is 0 Å². The molecular weight excluding hydrogens is 260 g/mol. The number of hydrogen-bond acceptors (Lipinski definition) is 5. The van der Waals surface area contributed by atoms with E-state index in [-0.39, 0.29) is 10.7 Å². The Balaban J connectivity index is 3.31. The minimum Gasteiger partial charge on any atom is -0.366 e. The van der Waals surface area contributed by atoms with Crippen LogP contribution in [0.25, 0.3) is 0 Å². The highest BCUT2D eigenvalue weighted by Crippen LogP contribution is 2.13. The summed E-state index contributed by atoms with van der Waals surface area (Å²) in [5, 5.41) is 2.99. The summed E-state index contributed by atoms with van der Waals surface area (Å²) in [6.07, 6.45) is 0. The number of nitrogens with two attached hydrogens (primary N) is 1. The molecule has 8 heteroatoms. The molecule has 1 aromatic rings. The lowest BCUT2D eigenvalue weighted by molar-refractivity contribution is 0.569. The van der Waals surface area contributed by atoms with Gasteiger partial charge in [-0.3, -0.25) is 0 Å². The molecule has 0 amide bonds. The number of aromatic nitrogens is 3. The number of anilines is 1. The van der Waals surface area contributed by atoms with Gasteiger partial charge in [-0.05, 0) is 29.8 Å². The Morgan fingerprint density at radius 2 is 2.08 bits per heavy atom. The van der Waals surface area contributed by atoms with E-state index in [0.29, 0.717) is 0 Å². The lowest BCUT2D eigenvalue weighted by Crippen LogP contribution is -2.23. The van der Waals surface area contributed by atoms with Crippen LogP contribution in [0.15, 0.2) is 4.73 Å². The van der Waals surface area contributed by atoms with Gasteiger partial charge in [0.2, 0.25) is 10.7 Å². The van der Waals surface area contributed by atoms with Crippen LogP contribution in [-0.4, -0.2) is 27.8 Å². The van der Waals surface area contributed by atoms with Crippen molar-refractivity contribution in [2.45, 2.75) is 19.1 Å². The Hall–Kier alpha value is -0.630. The third-order valence-corrected chi connectivity index (χ3v) is 4.07. The average Bonchev–Trinajstić information content (AvgIpc) is 2.30. The normalized spacial score (nSPS) is 12.3. The minimum atomic E-state index is -3.47. The van der Waals surface area contributed by atoms with E-state index in [4.69, 9.17) is 5.73 Å². The zero-order chi connectivity index (χ0) is 10.2. The van der Waals surface area contributed by atoms with Crippen LogP contribution in [0.5, 0.6) is 0 Å². The molecule has 1 rings (SSSR count). The zero-order valence-corrected chi connectivity index (χ0v) is 9.50. The first-order valence-corrected chi connectivity index (χ1v) is 5.77. The van der Waals surface area contributed by atoms with Crippen LogP contribution in [0.4, 0.5) is 5.95 Å². The zero-order valence-electron chi connectivity index (χ0n) is 7.10. The third kappa shape index (κ3) is 1.83. The number of hydrogen-bond donors (Lipinski definition) is 1. The van der Waals surface area contributed by atoms with Crippen LogP contribution in [0.3, 0.4) is 0 Å². The third-order valence-electron chi connectivity index (χ3n) is 1.39. The van der Waals surface area contributed by atoms with Crippen molar-refractivity contribution >= 4 is 31.9 Å². The molecule has 1 aromatic heterocycles. The van der Waals surface area contributed by atoms with E-state index in [1.807, 2.05) is 0 Å². The summed E-state index contributed by atoms with van der Waals surface area (Å²) < 4.78 is 24.0. The summed E-state index contributed by atoms with van der Waals surface area (Å²) >= 11 is 2.95. The molecule has 0 aromatic carbocycles. The van der Waals surface area contributed by atoms with Crippen molar-refractivity contribution in [1.29, 1.82) is 0 Å². The predicted molar refractivity (Wildman–Crippen MR) is 51.6 cm³/mol. The second kappa shape index (κ2) is 3.26. The molecule has 0 fully saturated rings. The molecule has 0 aliphatic rings. The molecule has 2 N–H and O–H groups in total. The monoisotopic (exact) mass is 268 g/mol. The molecule has 1 heterocycles. The molecule has 74 valence electrons. The fraction of sp³-hybridized carbons (Fsp3) is 0.600. The van der Waals surface area contributed by atoms with Crippen molar-refractivity contribution in [3.8, 4) is 0 Å². The van der Waals surface area contributed by atoms with Gasteiger partial charge in [-0.25, -0.2) is 8.42 Å². The number of halogens is 1. The van der Waals surface area contributed by atoms with Gasteiger partial charge in [0.15, 0.2) is 0 Å². The maximum atomic E-state index is 11.5. The molecule has 0 unspecified atom stereocenters. The Kier molecular flexibility index (Phi) is 2.62. The quantitative estimate of drug-likeness (QED) is 0.828. The smallest absolute Gasteiger partial charge is 0.258 e. The summed E-state index contributed by atoms with van der Waals surface area (Å²) in [6.45, 7) is 3.11. The van der Waals surface area contributed by atoms with E-state index in [1.54, 1.807) is 13.8 Å². The van der Waals surface area contributed by atoms with Crippen LogP contribution in [0, 0.1) is 0 Å². The van der Waals surface area contributed by atoms with E-state index in [1.165, 1.54) is 0 Å². The van der Waals surface area contributed by atoms with E-state index in [2.05, 4.69) is 26.0 Å². The van der Waals surface area contributed by atoms with Crippen LogP contribution < -0.4 is 5.73 Å².